The lowest BCUT2D eigenvalue weighted by Gasteiger charge is -2.20. The lowest BCUT2D eigenvalue weighted by Crippen LogP contribution is -2.44. The molecule has 156 valence electrons. The lowest BCUT2D eigenvalue weighted by atomic mass is 9.86. The van der Waals surface area contributed by atoms with Crippen molar-refractivity contribution in [2.45, 2.75) is 69.7 Å². The minimum atomic E-state index is -0.183. The Balaban J connectivity index is 1.21. The van der Waals surface area contributed by atoms with E-state index in [0.29, 0.717) is 24.5 Å². The van der Waals surface area contributed by atoms with Crippen molar-refractivity contribution in [3.8, 4) is 0 Å². The minimum Gasteiger partial charge on any atom is -0.371 e. The molecule has 2 N–H and O–H groups in total. The molecule has 2 aliphatic heterocycles. The highest BCUT2D eigenvalue weighted by Gasteiger charge is 2.49. The molecule has 9 nitrogen and oxygen atoms in total. The van der Waals surface area contributed by atoms with Crippen LogP contribution in [0, 0.1) is 12.8 Å². The van der Waals surface area contributed by atoms with Gasteiger partial charge in [-0.05, 0) is 19.3 Å². The van der Waals surface area contributed by atoms with Gasteiger partial charge >= 0.3 is 0 Å². The highest BCUT2D eigenvalue weighted by molar-refractivity contribution is 5.95. The van der Waals surface area contributed by atoms with Crippen LogP contribution in [0.15, 0.2) is 12.4 Å². The third-order valence-corrected chi connectivity index (χ3v) is 6.54. The van der Waals surface area contributed by atoms with Crippen LogP contribution in [0.2, 0.25) is 0 Å². The van der Waals surface area contributed by atoms with Gasteiger partial charge in [0.15, 0.2) is 0 Å². The average Bonchev–Trinajstić information content (AvgIpc) is 3.49. The van der Waals surface area contributed by atoms with Crippen LogP contribution in [-0.4, -0.2) is 62.6 Å². The van der Waals surface area contributed by atoms with Crippen LogP contribution >= 0.6 is 0 Å². The molecular formula is C20H28N6O3. The Bertz CT molecular complexity index is 858. The molecule has 1 aliphatic carbocycles. The first kappa shape index (κ1) is 18.7. The van der Waals surface area contributed by atoms with E-state index in [1.807, 2.05) is 4.68 Å². The van der Waals surface area contributed by atoms with Crippen molar-refractivity contribution in [1.82, 2.24) is 30.5 Å². The number of hydrogen-bond acceptors (Lipinski definition) is 6. The molecule has 2 aromatic heterocycles. The van der Waals surface area contributed by atoms with Gasteiger partial charge in [-0.3, -0.25) is 9.89 Å². The number of nitrogens with zero attached hydrogens (tertiary/aromatic N) is 4. The van der Waals surface area contributed by atoms with Crippen molar-refractivity contribution in [2.75, 3.05) is 13.2 Å². The molecule has 0 radical (unpaired) electrons. The molecule has 3 aliphatic rings. The van der Waals surface area contributed by atoms with Gasteiger partial charge in [0.1, 0.15) is 18.2 Å². The summed E-state index contributed by atoms with van der Waals surface area (Å²) in [5.41, 5.74) is 2.28. The summed E-state index contributed by atoms with van der Waals surface area (Å²) in [5, 5.41) is 18.5. The molecule has 5 rings (SSSR count). The Morgan fingerprint density at radius 1 is 1.24 bits per heavy atom. The molecular weight excluding hydrogens is 372 g/mol. The first-order valence-corrected chi connectivity index (χ1v) is 10.6. The van der Waals surface area contributed by atoms with Gasteiger partial charge in [-0.15, -0.1) is 5.10 Å². The van der Waals surface area contributed by atoms with Gasteiger partial charge in [0, 0.05) is 12.4 Å². The molecule has 9 heteroatoms. The fourth-order valence-corrected chi connectivity index (χ4v) is 4.92. The zero-order valence-corrected chi connectivity index (χ0v) is 16.7. The van der Waals surface area contributed by atoms with Crippen LogP contribution in [0.1, 0.15) is 59.9 Å². The van der Waals surface area contributed by atoms with E-state index in [9.17, 15) is 4.79 Å². The van der Waals surface area contributed by atoms with Crippen molar-refractivity contribution in [2.24, 2.45) is 5.92 Å². The predicted molar refractivity (Wildman–Crippen MR) is 103 cm³/mol. The van der Waals surface area contributed by atoms with Crippen LogP contribution in [0.5, 0.6) is 0 Å². The molecule has 2 aromatic rings. The third kappa shape index (κ3) is 3.69. The Morgan fingerprint density at radius 2 is 2.07 bits per heavy atom. The normalized spacial score (nSPS) is 29.8. The Morgan fingerprint density at radius 3 is 2.86 bits per heavy atom. The van der Waals surface area contributed by atoms with Gasteiger partial charge in [-0.2, -0.15) is 5.10 Å². The monoisotopic (exact) mass is 400 g/mol. The van der Waals surface area contributed by atoms with Crippen molar-refractivity contribution in [3.63, 3.8) is 0 Å². The second kappa shape index (κ2) is 7.87. The van der Waals surface area contributed by atoms with Crippen molar-refractivity contribution in [3.05, 3.63) is 29.3 Å². The maximum atomic E-state index is 12.5. The predicted octanol–water partition coefficient (Wildman–Crippen LogP) is 1.57. The standard InChI is InChI=1S/C20H28N6O3/c1-12-15(8-21-23-12)20(27)22-16-10-28-19-17(11-29-18(16)19)26-9-14(24-25-26)7-13-5-3-2-4-6-13/h8-9,13,16-19H,2-7,10-11H2,1H3,(H,21,23)(H,22,27)/t16-,17-,18+,19+/m0/s1. The quantitative estimate of drug-likeness (QED) is 0.789. The fourth-order valence-electron chi connectivity index (χ4n) is 4.92. The minimum absolute atomic E-state index is 0.00910. The Labute approximate surface area is 169 Å². The molecule has 0 bridgehead atoms. The topological polar surface area (TPSA) is 107 Å². The molecule has 2 saturated heterocycles. The van der Waals surface area contributed by atoms with Gasteiger partial charge in [0.25, 0.3) is 5.91 Å². The zero-order chi connectivity index (χ0) is 19.8. The molecule has 29 heavy (non-hydrogen) atoms. The number of nitrogens with one attached hydrogen (secondary N) is 2. The number of carbonyl (C=O) groups is 1. The number of rotatable bonds is 5. The van der Waals surface area contributed by atoms with Crippen LogP contribution in [0.4, 0.5) is 0 Å². The summed E-state index contributed by atoms with van der Waals surface area (Å²) in [5.74, 6) is 0.572. The number of aryl methyl sites for hydroxylation is 1. The van der Waals surface area contributed by atoms with E-state index in [1.54, 1.807) is 13.1 Å². The number of fused-ring (bicyclic) bond motifs is 1. The van der Waals surface area contributed by atoms with Crippen LogP contribution < -0.4 is 5.32 Å². The first-order valence-electron chi connectivity index (χ1n) is 10.6. The summed E-state index contributed by atoms with van der Waals surface area (Å²) in [6, 6.07) is -0.192. The second-order valence-corrected chi connectivity index (χ2v) is 8.53. The summed E-state index contributed by atoms with van der Waals surface area (Å²) in [6.45, 7) is 2.74. The number of ether oxygens (including phenoxy) is 2. The fraction of sp³-hybridized carbons (Fsp3) is 0.700. The van der Waals surface area contributed by atoms with E-state index in [2.05, 4.69) is 32.0 Å². The van der Waals surface area contributed by atoms with Crippen LogP contribution in [-0.2, 0) is 15.9 Å². The second-order valence-electron chi connectivity index (χ2n) is 8.53. The molecule has 0 aromatic carbocycles. The molecule has 4 atom stereocenters. The zero-order valence-electron chi connectivity index (χ0n) is 16.7. The Kier molecular flexibility index (Phi) is 5.09. The largest absolute Gasteiger partial charge is 0.371 e. The average molecular weight is 400 g/mol. The van der Waals surface area contributed by atoms with E-state index in [-0.39, 0.29) is 30.2 Å². The van der Waals surface area contributed by atoms with Gasteiger partial charge in [-0.1, -0.05) is 37.3 Å². The van der Waals surface area contributed by atoms with Gasteiger partial charge in [0.2, 0.25) is 0 Å². The van der Waals surface area contributed by atoms with E-state index in [0.717, 1.165) is 18.0 Å². The van der Waals surface area contributed by atoms with Crippen LogP contribution in [0.25, 0.3) is 0 Å². The molecule has 1 saturated carbocycles. The highest BCUT2D eigenvalue weighted by Crippen LogP contribution is 2.34. The Hall–Kier alpha value is -2.26. The van der Waals surface area contributed by atoms with Gasteiger partial charge in [-0.25, -0.2) is 4.68 Å². The van der Waals surface area contributed by atoms with Gasteiger partial charge < -0.3 is 14.8 Å². The molecule has 0 unspecified atom stereocenters. The summed E-state index contributed by atoms with van der Waals surface area (Å²) in [6.07, 6.45) is 11.0. The number of amides is 1. The van der Waals surface area contributed by atoms with E-state index in [4.69, 9.17) is 9.47 Å². The van der Waals surface area contributed by atoms with Crippen LogP contribution in [0.3, 0.4) is 0 Å². The van der Waals surface area contributed by atoms with Crippen molar-refractivity contribution < 1.29 is 14.3 Å². The lowest BCUT2D eigenvalue weighted by molar-refractivity contribution is 0.0613. The highest BCUT2D eigenvalue weighted by atomic mass is 16.6. The number of aromatic amines is 1. The SMILES string of the molecule is Cc1n[nH]cc1C(=O)N[C@H]1CO[C@H]2[C@@H]1OC[C@@H]2n1cc(CC2CCCCC2)nn1. The number of H-pyrrole nitrogens is 1. The third-order valence-electron chi connectivity index (χ3n) is 6.54. The summed E-state index contributed by atoms with van der Waals surface area (Å²) >= 11 is 0. The van der Waals surface area contributed by atoms with Crippen molar-refractivity contribution >= 4 is 5.91 Å². The maximum Gasteiger partial charge on any atom is 0.255 e. The van der Waals surface area contributed by atoms with Gasteiger partial charge in [0.05, 0.1) is 36.2 Å². The van der Waals surface area contributed by atoms with E-state index in [1.165, 1.54) is 32.1 Å². The number of hydrogen-bond donors (Lipinski definition) is 2. The number of carbonyl (C=O) groups excluding carboxylic acids is 1. The maximum absolute atomic E-state index is 12.5. The summed E-state index contributed by atoms with van der Waals surface area (Å²) < 4.78 is 13.9. The summed E-state index contributed by atoms with van der Waals surface area (Å²) in [7, 11) is 0. The number of aromatic nitrogens is 5. The first-order chi connectivity index (χ1) is 14.2. The molecule has 1 amide bonds. The van der Waals surface area contributed by atoms with Crippen molar-refractivity contribution in [1.29, 1.82) is 0 Å². The molecule has 4 heterocycles. The van der Waals surface area contributed by atoms with E-state index < -0.39 is 0 Å². The smallest absolute Gasteiger partial charge is 0.255 e. The molecule has 0 spiro atoms. The van der Waals surface area contributed by atoms with E-state index >= 15 is 0 Å². The summed E-state index contributed by atoms with van der Waals surface area (Å²) in [4.78, 5) is 12.5. The molecule has 3 fully saturated rings.